The Morgan fingerprint density at radius 3 is 2.75 bits per heavy atom. The summed E-state index contributed by atoms with van der Waals surface area (Å²) in [4.78, 5) is 0. The monoisotopic (exact) mass is 223 g/mol. The second-order valence-electron chi connectivity index (χ2n) is 3.38. The summed E-state index contributed by atoms with van der Waals surface area (Å²) >= 11 is 0. The number of hydrogen-bond donors (Lipinski definition) is 1. The van der Waals surface area contributed by atoms with Gasteiger partial charge in [-0.05, 0) is 19.1 Å². The minimum atomic E-state index is 0.544. The van der Waals surface area contributed by atoms with E-state index < -0.39 is 0 Å². The minimum absolute atomic E-state index is 0.544. The number of hydrogen-bond acceptors (Lipinski definition) is 4. The summed E-state index contributed by atoms with van der Waals surface area (Å²) in [5.41, 5.74) is 1.35. The second kappa shape index (κ2) is 6.85. The molecule has 0 amide bonds. The number of oxime groups is 1. The Hall–Kier alpha value is -1.55. The van der Waals surface area contributed by atoms with Crippen molar-refractivity contribution in [3.05, 3.63) is 29.8 Å². The van der Waals surface area contributed by atoms with Gasteiger partial charge in [0.2, 0.25) is 0 Å². The first-order chi connectivity index (χ1) is 7.79. The van der Waals surface area contributed by atoms with Crippen LogP contribution in [0.15, 0.2) is 29.4 Å². The standard InChI is InChI=1S/C12H17NO3/c1-10(13-14)11-6-3-4-7-12(11)16-9-5-8-15-2/h3-4,6-7,14H,5,8-9H2,1-2H3/b13-10+. The Balaban J connectivity index is 2.64. The van der Waals surface area contributed by atoms with Gasteiger partial charge in [-0.3, -0.25) is 0 Å². The zero-order chi connectivity index (χ0) is 11.8. The highest BCUT2D eigenvalue weighted by Crippen LogP contribution is 2.18. The lowest BCUT2D eigenvalue weighted by Gasteiger charge is -2.10. The van der Waals surface area contributed by atoms with E-state index in [1.807, 2.05) is 24.3 Å². The molecule has 0 aliphatic rings. The van der Waals surface area contributed by atoms with Gasteiger partial charge >= 0.3 is 0 Å². The lowest BCUT2D eigenvalue weighted by molar-refractivity contribution is 0.172. The van der Waals surface area contributed by atoms with Crippen molar-refractivity contribution in [2.75, 3.05) is 20.3 Å². The molecule has 0 saturated carbocycles. The van der Waals surface area contributed by atoms with Crippen molar-refractivity contribution >= 4 is 5.71 Å². The van der Waals surface area contributed by atoms with Gasteiger partial charge in [-0.15, -0.1) is 0 Å². The van der Waals surface area contributed by atoms with Crippen molar-refractivity contribution in [1.82, 2.24) is 0 Å². The molecule has 0 heterocycles. The van der Waals surface area contributed by atoms with Crippen LogP contribution in [0.25, 0.3) is 0 Å². The van der Waals surface area contributed by atoms with Gasteiger partial charge in [0.1, 0.15) is 5.75 Å². The molecule has 0 radical (unpaired) electrons. The Morgan fingerprint density at radius 2 is 2.06 bits per heavy atom. The molecule has 1 rings (SSSR count). The third kappa shape index (κ3) is 3.55. The predicted octanol–water partition coefficient (Wildman–Crippen LogP) is 2.30. The summed E-state index contributed by atoms with van der Waals surface area (Å²) < 4.78 is 10.5. The van der Waals surface area contributed by atoms with E-state index in [1.54, 1.807) is 14.0 Å². The molecular formula is C12H17NO3. The summed E-state index contributed by atoms with van der Waals surface area (Å²) in [6.07, 6.45) is 0.833. The molecule has 0 unspecified atom stereocenters. The zero-order valence-electron chi connectivity index (χ0n) is 9.64. The van der Waals surface area contributed by atoms with Crippen LogP contribution in [0.5, 0.6) is 5.75 Å². The van der Waals surface area contributed by atoms with E-state index in [0.717, 1.165) is 17.7 Å². The summed E-state index contributed by atoms with van der Waals surface area (Å²) in [6.45, 7) is 3.00. The van der Waals surface area contributed by atoms with Gasteiger partial charge in [0.05, 0.1) is 12.3 Å². The first-order valence-electron chi connectivity index (χ1n) is 5.19. The number of nitrogens with zero attached hydrogens (tertiary/aromatic N) is 1. The average molecular weight is 223 g/mol. The molecule has 0 atom stereocenters. The molecule has 0 bridgehead atoms. The third-order valence-corrected chi connectivity index (χ3v) is 2.18. The molecule has 88 valence electrons. The van der Waals surface area contributed by atoms with Gasteiger partial charge in [-0.2, -0.15) is 0 Å². The summed E-state index contributed by atoms with van der Waals surface area (Å²) in [6, 6.07) is 7.49. The van der Waals surface area contributed by atoms with Crippen LogP contribution in [-0.2, 0) is 4.74 Å². The van der Waals surface area contributed by atoms with Crippen LogP contribution in [0.2, 0.25) is 0 Å². The molecule has 1 aromatic rings. The lowest BCUT2D eigenvalue weighted by atomic mass is 10.1. The summed E-state index contributed by atoms with van der Waals surface area (Å²) in [7, 11) is 1.66. The normalized spacial score (nSPS) is 11.5. The van der Waals surface area contributed by atoms with Crippen molar-refractivity contribution in [2.45, 2.75) is 13.3 Å². The Kier molecular flexibility index (Phi) is 5.36. The maximum absolute atomic E-state index is 8.73. The Bertz CT molecular complexity index is 350. The van der Waals surface area contributed by atoms with Crippen molar-refractivity contribution < 1.29 is 14.7 Å². The molecule has 0 saturated heterocycles. The van der Waals surface area contributed by atoms with E-state index in [1.165, 1.54) is 0 Å². The highest BCUT2D eigenvalue weighted by molar-refractivity contribution is 6.00. The first kappa shape index (κ1) is 12.5. The molecule has 4 nitrogen and oxygen atoms in total. The van der Waals surface area contributed by atoms with Gasteiger partial charge in [0, 0.05) is 25.7 Å². The van der Waals surface area contributed by atoms with Crippen molar-refractivity contribution in [3.63, 3.8) is 0 Å². The van der Waals surface area contributed by atoms with Crippen LogP contribution in [0.4, 0.5) is 0 Å². The lowest BCUT2D eigenvalue weighted by Crippen LogP contribution is -2.05. The fourth-order valence-electron chi connectivity index (χ4n) is 1.33. The van der Waals surface area contributed by atoms with Crippen molar-refractivity contribution in [3.8, 4) is 5.75 Å². The molecular weight excluding hydrogens is 206 g/mol. The molecule has 1 aromatic carbocycles. The number of benzene rings is 1. The number of para-hydroxylation sites is 1. The van der Waals surface area contributed by atoms with E-state index in [-0.39, 0.29) is 0 Å². The second-order valence-corrected chi connectivity index (χ2v) is 3.38. The van der Waals surface area contributed by atoms with E-state index in [2.05, 4.69) is 5.16 Å². The fourth-order valence-corrected chi connectivity index (χ4v) is 1.33. The van der Waals surface area contributed by atoms with Gasteiger partial charge in [-0.25, -0.2) is 0 Å². The van der Waals surface area contributed by atoms with Crippen LogP contribution in [0, 0.1) is 0 Å². The van der Waals surface area contributed by atoms with Crippen molar-refractivity contribution in [1.29, 1.82) is 0 Å². The van der Waals surface area contributed by atoms with E-state index in [0.29, 0.717) is 18.9 Å². The third-order valence-electron chi connectivity index (χ3n) is 2.18. The molecule has 0 spiro atoms. The number of rotatable bonds is 6. The smallest absolute Gasteiger partial charge is 0.128 e. The van der Waals surface area contributed by atoms with Crippen molar-refractivity contribution in [2.24, 2.45) is 5.16 Å². The van der Waals surface area contributed by atoms with E-state index >= 15 is 0 Å². The summed E-state index contributed by atoms with van der Waals surface area (Å²) in [5.74, 6) is 0.730. The van der Waals surface area contributed by atoms with Crippen LogP contribution in [0.1, 0.15) is 18.9 Å². The van der Waals surface area contributed by atoms with Gasteiger partial charge in [0.25, 0.3) is 0 Å². The number of ether oxygens (including phenoxy) is 2. The molecule has 16 heavy (non-hydrogen) atoms. The van der Waals surface area contributed by atoms with Gasteiger partial charge in [-0.1, -0.05) is 17.3 Å². The maximum atomic E-state index is 8.73. The fraction of sp³-hybridized carbons (Fsp3) is 0.417. The topological polar surface area (TPSA) is 51.0 Å². The molecule has 1 N–H and O–H groups in total. The van der Waals surface area contributed by atoms with Gasteiger partial charge in [0.15, 0.2) is 0 Å². The predicted molar refractivity (Wildman–Crippen MR) is 62.4 cm³/mol. The average Bonchev–Trinajstić information content (AvgIpc) is 2.34. The molecule has 0 aliphatic heterocycles. The van der Waals surface area contributed by atoms with Crippen LogP contribution < -0.4 is 4.74 Å². The SMILES string of the molecule is COCCCOc1ccccc1/C(C)=N/O. The van der Waals surface area contributed by atoms with Crippen LogP contribution in [0.3, 0.4) is 0 Å². The Morgan fingerprint density at radius 1 is 1.31 bits per heavy atom. The zero-order valence-corrected chi connectivity index (χ0v) is 9.64. The van der Waals surface area contributed by atoms with Crippen LogP contribution >= 0.6 is 0 Å². The molecule has 0 aromatic heterocycles. The number of methoxy groups -OCH3 is 1. The van der Waals surface area contributed by atoms with E-state index in [9.17, 15) is 0 Å². The minimum Gasteiger partial charge on any atom is -0.493 e. The van der Waals surface area contributed by atoms with E-state index in [4.69, 9.17) is 14.7 Å². The highest BCUT2D eigenvalue weighted by atomic mass is 16.5. The van der Waals surface area contributed by atoms with Gasteiger partial charge < -0.3 is 14.7 Å². The quantitative estimate of drug-likeness (QED) is 0.348. The summed E-state index contributed by atoms with van der Waals surface area (Å²) in [5, 5.41) is 11.9. The highest BCUT2D eigenvalue weighted by Gasteiger charge is 2.05. The first-order valence-corrected chi connectivity index (χ1v) is 5.19. The maximum Gasteiger partial charge on any atom is 0.128 e. The molecule has 0 aliphatic carbocycles. The Labute approximate surface area is 95.5 Å². The molecule has 0 fully saturated rings. The largest absolute Gasteiger partial charge is 0.493 e. The van der Waals surface area contributed by atoms with Crippen LogP contribution in [-0.4, -0.2) is 31.2 Å². The molecule has 4 heteroatoms.